The normalized spacial score (nSPS) is 41.7. The summed E-state index contributed by atoms with van der Waals surface area (Å²) in [5.41, 5.74) is 0. The van der Waals surface area contributed by atoms with Crippen LogP contribution in [0.3, 0.4) is 0 Å². The second-order valence-corrected chi connectivity index (χ2v) is 3.40. The van der Waals surface area contributed by atoms with Gasteiger partial charge in [-0.1, -0.05) is 0 Å². The summed E-state index contributed by atoms with van der Waals surface area (Å²) < 4.78 is 0. The Morgan fingerprint density at radius 3 is 3.30 bits per heavy atom. The van der Waals surface area contributed by atoms with Crippen molar-refractivity contribution in [1.82, 2.24) is 10.2 Å². The molecule has 2 nitrogen and oxygen atoms in total. The molecule has 1 N–H and O–H groups in total. The van der Waals surface area contributed by atoms with Crippen LogP contribution in [0.25, 0.3) is 0 Å². The van der Waals surface area contributed by atoms with E-state index >= 15 is 0 Å². The molecular weight excluding hydrogens is 124 g/mol. The smallest absolute Gasteiger partial charge is 0.0255 e. The summed E-state index contributed by atoms with van der Waals surface area (Å²) >= 11 is 0. The first-order valence-corrected chi connectivity index (χ1v) is 4.14. The van der Waals surface area contributed by atoms with Crippen molar-refractivity contribution in [2.24, 2.45) is 5.92 Å². The van der Waals surface area contributed by atoms with Gasteiger partial charge in [-0.15, -0.1) is 0 Å². The molecule has 2 saturated heterocycles. The SMILES string of the molecule is CN1[CH]CC2CCNCC21. The lowest BCUT2D eigenvalue weighted by Gasteiger charge is -2.29. The molecule has 0 aromatic heterocycles. The van der Waals surface area contributed by atoms with Crippen molar-refractivity contribution in [2.75, 3.05) is 20.1 Å². The predicted octanol–water partition coefficient (Wildman–Crippen LogP) is 0.462. The predicted molar refractivity (Wildman–Crippen MR) is 41.4 cm³/mol. The van der Waals surface area contributed by atoms with E-state index in [4.69, 9.17) is 0 Å². The molecule has 0 aliphatic carbocycles. The third kappa shape index (κ3) is 0.956. The van der Waals surface area contributed by atoms with E-state index in [1.54, 1.807) is 0 Å². The van der Waals surface area contributed by atoms with Gasteiger partial charge in [-0.05, 0) is 32.4 Å². The minimum absolute atomic E-state index is 0.800. The lowest BCUT2D eigenvalue weighted by molar-refractivity contribution is 0.241. The van der Waals surface area contributed by atoms with Crippen molar-refractivity contribution in [3.8, 4) is 0 Å². The number of likely N-dealkylation sites (N-methyl/N-ethyl adjacent to an activating group) is 1. The van der Waals surface area contributed by atoms with Gasteiger partial charge in [0.15, 0.2) is 0 Å². The summed E-state index contributed by atoms with van der Waals surface area (Å²) in [6.07, 6.45) is 2.67. The van der Waals surface area contributed by atoms with E-state index in [2.05, 4.69) is 23.8 Å². The molecule has 0 bridgehead atoms. The largest absolute Gasteiger partial charge is 0.315 e. The van der Waals surface area contributed by atoms with Crippen molar-refractivity contribution in [1.29, 1.82) is 0 Å². The standard InChI is InChI=1S/C8H15N2/c1-10-5-3-7-2-4-9-6-8(7)10/h5,7-9H,2-4,6H2,1H3. The number of likely N-dealkylation sites (tertiary alicyclic amines) is 1. The Balaban J connectivity index is 2.01. The Labute approximate surface area is 62.6 Å². The summed E-state index contributed by atoms with van der Waals surface area (Å²) in [5.74, 6) is 0.950. The maximum absolute atomic E-state index is 3.42. The number of fused-ring (bicyclic) bond motifs is 1. The van der Waals surface area contributed by atoms with Crippen molar-refractivity contribution in [3.63, 3.8) is 0 Å². The third-order valence-corrected chi connectivity index (χ3v) is 2.81. The van der Waals surface area contributed by atoms with Gasteiger partial charge in [0.05, 0.1) is 0 Å². The number of hydrogen-bond donors (Lipinski definition) is 1. The quantitative estimate of drug-likeness (QED) is 0.524. The van der Waals surface area contributed by atoms with Crippen molar-refractivity contribution in [3.05, 3.63) is 6.54 Å². The van der Waals surface area contributed by atoms with E-state index in [0.717, 1.165) is 12.0 Å². The van der Waals surface area contributed by atoms with E-state index < -0.39 is 0 Å². The molecule has 0 aromatic carbocycles. The fourth-order valence-corrected chi connectivity index (χ4v) is 2.08. The molecule has 1 radical (unpaired) electrons. The summed E-state index contributed by atoms with van der Waals surface area (Å²) in [6.45, 7) is 4.75. The molecule has 2 fully saturated rings. The van der Waals surface area contributed by atoms with Crippen LogP contribution in [0.5, 0.6) is 0 Å². The van der Waals surface area contributed by atoms with E-state index in [-0.39, 0.29) is 0 Å². The summed E-state index contributed by atoms with van der Waals surface area (Å²) in [4.78, 5) is 2.37. The molecule has 2 heteroatoms. The molecular formula is C8H15N2. The molecule has 2 rings (SSSR count). The number of nitrogens with one attached hydrogen (secondary N) is 1. The Morgan fingerprint density at radius 2 is 2.50 bits per heavy atom. The van der Waals surface area contributed by atoms with E-state index in [1.165, 1.54) is 25.9 Å². The molecule has 2 atom stereocenters. The lowest BCUT2D eigenvalue weighted by Crippen LogP contribution is -2.43. The molecule has 10 heavy (non-hydrogen) atoms. The minimum atomic E-state index is 0.800. The third-order valence-electron chi connectivity index (χ3n) is 2.81. The molecule has 57 valence electrons. The number of nitrogens with zero attached hydrogens (tertiary/aromatic N) is 1. The van der Waals surface area contributed by atoms with Crippen LogP contribution in [-0.4, -0.2) is 31.1 Å². The van der Waals surface area contributed by atoms with Gasteiger partial charge in [-0.3, -0.25) is 4.90 Å². The maximum Gasteiger partial charge on any atom is 0.0255 e. The molecule has 0 spiro atoms. The molecule has 2 aliphatic heterocycles. The Morgan fingerprint density at radius 1 is 1.60 bits per heavy atom. The monoisotopic (exact) mass is 139 g/mol. The van der Waals surface area contributed by atoms with Gasteiger partial charge in [0.25, 0.3) is 0 Å². The van der Waals surface area contributed by atoms with Gasteiger partial charge in [0.2, 0.25) is 0 Å². The van der Waals surface area contributed by atoms with Gasteiger partial charge >= 0.3 is 0 Å². The topological polar surface area (TPSA) is 15.3 Å². The van der Waals surface area contributed by atoms with Crippen LogP contribution in [0.1, 0.15) is 12.8 Å². The highest BCUT2D eigenvalue weighted by molar-refractivity contribution is 4.95. The fourth-order valence-electron chi connectivity index (χ4n) is 2.08. The van der Waals surface area contributed by atoms with Crippen LogP contribution in [0.15, 0.2) is 0 Å². The van der Waals surface area contributed by atoms with E-state index in [0.29, 0.717) is 0 Å². The van der Waals surface area contributed by atoms with Crippen molar-refractivity contribution < 1.29 is 0 Å². The van der Waals surface area contributed by atoms with Gasteiger partial charge in [0.1, 0.15) is 0 Å². The second-order valence-electron chi connectivity index (χ2n) is 3.40. The highest BCUT2D eigenvalue weighted by Crippen LogP contribution is 2.29. The number of hydrogen-bond acceptors (Lipinski definition) is 2. The Bertz CT molecular complexity index is 122. The molecule has 2 unspecified atom stereocenters. The first kappa shape index (κ1) is 6.62. The van der Waals surface area contributed by atoms with Crippen LogP contribution in [0, 0.1) is 12.5 Å². The first-order valence-electron chi connectivity index (χ1n) is 4.14. The molecule has 0 aromatic rings. The summed E-state index contributed by atoms with van der Waals surface area (Å²) in [7, 11) is 2.19. The zero-order chi connectivity index (χ0) is 6.97. The summed E-state index contributed by atoms with van der Waals surface area (Å²) in [5, 5.41) is 3.42. The average molecular weight is 139 g/mol. The van der Waals surface area contributed by atoms with Gasteiger partial charge in [-0.2, -0.15) is 0 Å². The van der Waals surface area contributed by atoms with Crippen molar-refractivity contribution >= 4 is 0 Å². The summed E-state index contributed by atoms with van der Waals surface area (Å²) in [6, 6.07) is 0.800. The average Bonchev–Trinajstić information content (AvgIpc) is 2.34. The molecule has 2 aliphatic rings. The highest BCUT2D eigenvalue weighted by Gasteiger charge is 2.33. The van der Waals surface area contributed by atoms with Crippen LogP contribution in [0.4, 0.5) is 0 Å². The number of rotatable bonds is 0. The zero-order valence-corrected chi connectivity index (χ0v) is 6.51. The maximum atomic E-state index is 3.42. The number of piperidine rings is 1. The Hall–Kier alpha value is -0.0800. The second kappa shape index (κ2) is 2.51. The van der Waals surface area contributed by atoms with Crippen LogP contribution >= 0.6 is 0 Å². The van der Waals surface area contributed by atoms with Crippen LogP contribution in [0.2, 0.25) is 0 Å². The highest BCUT2D eigenvalue weighted by atomic mass is 15.2. The van der Waals surface area contributed by atoms with Crippen LogP contribution in [-0.2, 0) is 0 Å². The Kier molecular flexibility index (Phi) is 1.66. The first-order chi connectivity index (χ1) is 4.88. The molecule has 2 heterocycles. The zero-order valence-electron chi connectivity index (χ0n) is 6.51. The van der Waals surface area contributed by atoms with E-state index in [9.17, 15) is 0 Å². The van der Waals surface area contributed by atoms with E-state index in [1.807, 2.05) is 0 Å². The molecule has 0 amide bonds. The fraction of sp³-hybridized carbons (Fsp3) is 0.875. The van der Waals surface area contributed by atoms with Crippen molar-refractivity contribution in [2.45, 2.75) is 18.9 Å². The van der Waals surface area contributed by atoms with Crippen LogP contribution < -0.4 is 5.32 Å². The van der Waals surface area contributed by atoms with Gasteiger partial charge in [-0.25, -0.2) is 0 Å². The lowest BCUT2D eigenvalue weighted by atomic mass is 9.94. The van der Waals surface area contributed by atoms with Gasteiger partial charge in [0, 0.05) is 19.1 Å². The minimum Gasteiger partial charge on any atom is -0.315 e. The van der Waals surface area contributed by atoms with Gasteiger partial charge < -0.3 is 5.32 Å². The molecule has 0 saturated carbocycles.